The highest BCUT2D eigenvalue weighted by atomic mass is 16.3. The van der Waals surface area contributed by atoms with Crippen molar-refractivity contribution in [3.63, 3.8) is 0 Å². The van der Waals surface area contributed by atoms with Crippen LogP contribution < -0.4 is 0 Å². The SMILES string of the molecule is CC(N1CCCC1=O)C(C)(C)O. The summed E-state index contributed by atoms with van der Waals surface area (Å²) in [6.45, 7) is 6.17. The Morgan fingerprint density at radius 2 is 2.17 bits per heavy atom. The number of amides is 1. The Bertz CT molecular complexity index is 183. The van der Waals surface area contributed by atoms with Gasteiger partial charge in [-0.25, -0.2) is 0 Å². The monoisotopic (exact) mass is 171 g/mol. The fourth-order valence-electron chi connectivity index (χ4n) is 1.46. The predicted octanol–water partition coefficient (Wildman–Crippen LogP) is 0.768. The third-order valence-corrected chi connectivity index (χ3v) is 2.60. The van der Waals surface area contributed by atoms with Gasteiger partial charge in [-0.05, 0) is 27.2 Å². The molecule has 0 bridgehead atoms. The zero-order valence-electron chi connectivity index (χ0n) is 8.00. The van der Waals surface area contributed by atoms with Crippen molar-refractivity contribution in [2.75, 3.05) is 6.54 Å². The molecule has 1 saturated heterocycles. The van der Waals surface area contributed by atoms with Crippen molar-refractivity contribution in [1.82, 2.24) is 4.90 Å². The van der Waals surface area contributed by atoms with Crippen LogP contribution in [0.3, 0.4) is 0 Å². The minimum Gasteiger partial charge on any atom is -0.388 e. The van der Waals surface area contributed by atoms with Gasteiger partial charge in [-0.3, -0.25) is 4.79 Å². The Balaban J connectivity index is 2.63. The van der Waals surface area contributed by atoms with Gasteiger partial charge in [0.15, 0.2) is 0 Å². The second-order valence-electron chi connectivity index (χ2n) is 4.02. The van der Waals surface area contributed by atoms with E-state index in [2.05, 4.69) is 0 Å². The van der Waals surface area contributed by atoms with Crippen LogP contribution in [0.15, 0.2) is 0 Å². The fourth-order valence-corrected chi connectivity index (χ4v) is 1.46. The summed E-state index contributed by atoms with van der Waals surface area (Å²) >= 11 is 0. The summed E-state index contributed by atoms with van der Waals surface area (Å²) in [4.78, 5) is 13.0. The molecule has 1 atom stereocenters. The molecule has 1 heterocycles. The normalized spacial score (nSPS) is 21.7. The maximum atomic E-state index is 11.3. The van der Waals surface area contributed by atoms with E-state index in [0.717, 1.165) is 13.0 Å². The minimum absolute atomic E-state index is 0.0764. The van der Waals surface area contributed by atoms with E-state index in [-0.39, 0.29) is 11.9 Å². The van der Waals surface area contributed by atoms with Gasteiger partial charge in [0.05, 0.1) is 11.6 Å². The number of hydrogen-bond acceptors (Lipinski definition) is 2. The Labute approximate surface area is 73.4 Å². The molecule has 0 aromatic heterocycles. The highest BCUT2D eigenvalue weighted by Gasteiger charge is 2.33. The van der Waals surface area contributed by atoms with Crippen molar-refractivity contribution in [2.24, 2.45) is 0 Å². The van der Waals surface area contributed by atoms with E-state index in [4.69, 9.17) is 0 Å². The first-order valence-electron chi connectivity index (χ1n) is 4.45. The van der Waals surface area contributed by atoms with Gasteiger partial charge in [-0.2, -0.15) is 0 Å². The Hall–Kier alpha value is -0.570. The summed E-state index contributed by atoms with van der Waals surface area (Å²) in [5, 5.41) is 9.67. The molecule has 0 aromatic carbocycles. The van der Waals surface area contributed by atoms with Crippen molar-refractivity contribution >= 4 is 5.91 Å². The number of nitrogens with zero attached hydrogens (tertiary/aromatic N) is 1. The van der Waals surface area contributed by atoms with Crippen molar-refractivity contribution < 1.29 is 9.90 Å². The molecule has 0 spiro atoms. The molecule has 1 N–H and O–H groups in total. The molecule has 3 nitrogen and oxygen atoms in total. The van der Waals surface area contributed by atoms with Gasteiger partial charge >= 0.3 is 0 Å². The van der Waals surface area contributed by atoms with Gasteiger partial charge in [0.2, 0.25) is 5.91 Å². The highest BCUT2D eigenvalue weighted by Crippen LogP contribution is 2.20. The average Bonchev–Trinajstić information content (AvgIpc) is 2.31. The van der Waals surface area contributed by atoms with Crippen molar-refractivity contribution in [3.8, 4) is 0 Å². The number of aliphatic hydroxyl groups is 1. The van der Waals surface area contributed by atoms with Crippen LogP contribution in [-0.2, 0) is 4.79 Å². The molecule has 1 unspecified atom stereocenters. The van der Waals surface area contributed by atoms with E-state index >= 15 is 0 Å². The van der Waals surface area contributed by atoms with Crippen LogP contribution in [0.4, 0.5) is 0 Å². The first-order chi connectivity index (χ1) is 5.43. The van der Waals surface area contributed by atoms with E-state index in [1.807, 2.05) is 6.92 Å². The second-order valence-corrected chi connectivity index (χ2v) is 4.02. The second kappa shape index (κ2) is 3.05. The van der Waals surface area contributed by atoms with Gasteiger partial charge in [0, 0.05) is 13.0 Å². The molecular formula is C9H17NO2. The molecule has 0 aromatic rings. The topological polar surface area (TPSA) is 40.5 Å². The molecule has 0 saturated carbocycles. The lowest BCUT2D eigenvalue weighted by molar-refractivity contribution is -0.134. The average molecular weight is 171 g/mol. The van der Waals surface area contributed by atoms with Crippen LogP contribution in [0.1, 0.15) is 33.6 Å². The fraction of sp³-hybridized carbons (Fsp3) is 0.889. The molecule has 70 valence electrons. The van der Waals surface area contributed by atoms with Gasteiger partial charge in [-0.1, -0.05) is 0 Å². The summed E-state index contributed by atoms with van der Waals surface area (Å²) in [6, 6.07) is -0.0764. The van der Waals surface area contributed by atoms with E-state index < -0.39 is 5.60 Å². The van der Waals surface area contributed by atoms with E-state index in [0.29, 0.717) is 6.42 Å². The van der Waals surface area contributed by atoms with Gasteiger partial charge in [0.1, 0.15) is 0 Å². The summed E-state index contributed by atoms with van der Waals surface area (Å²) < 4.78 is 0. The largest absolute Gasteiger partial charge is 0.388 e. The maximum absolute atomic E-state index is 11.3. The molecular weight excluding hydrogens is 154 g/mol. The highest BCUT2D eigenvalue weighted by molar-refractivity contribution is 5.78. The molecule has 3 heteroatoms. The quantitative estimate of drug-likeness (QED) is 0.666. The minimum atomic E-state index is -0.792. The lowest BCUT2D eigenvalue weighted by Crippen LogP contribution is -2.47. The lowest BCUT2D eigenvalue weighted by Gasteiger charge is -2.33. The summed E-state index contributed by atoms with van der Waals surface area (Å²) in [6.07, 6.45) is 1.57. The third-order valence-electron chi connectivity index (χ3n) is 2.60. The number of hydrogen-bond donors (Lipinski definition) is 1. The zero-order chi connectivity index (χ0) is 9.35. The molecule has 1 fully saturated rings. The number of rotatable bonds is 2. The molecule has 1 aliphatic rings. The summed E-state index contributed by atoms with van der Waals surface area (Å²) in [5.74, 6) is 0.171. The molecule has 0 aliphatic carbocycles. The van der Waals surface area contributed by atoms with Crippen molar-refractivity contribution in [3.05, 3.63) is 0 Å². The predicted molar refractivity (Wildman–Crippen MR) is 46.7 cm³/mol. The molecule has 12 heavy (non-hydrogen) atoms. The summed E-state index contributed by atoms with van der Waals surface area (Å²) in [5.41, 5.74) is -0.792. The van der Waals surface area contributed by atoms with Gasteiger partial charge in [0.25, 0.3) is 0 Å². The Morgan fingerprint density at radius 1 is 1.58 bits per heavy atom. The molecule has 1 aliphatic heterocycles. The van der Waals surface area contributed by atoms with Crippen LogP contribution in [0.2, 0.25) is 0 Å². The Kier molecular flexibility index (Phi) is 2.42. The maximum Gasteiger partial charge on any atom is 0.222 e. The first kappa shape index (κ1) is 9.52. The Morgan fingerprint density at radius 3 is 2.50 bits per heavy atom. The van der Waals surface area contributed by atoms with Crippen LogP contribution in [-0.4, -0.2) is 34.1 Å². The zero-order valence-corrected chi connectivity index (χ0v) is 8.00. The molecule has 1 rings (SSSR count). The molecule has 1 amide bonds. The van der Waals surface area contributed by atoms with Crippen LogP contribution in [0.5, 0.6) is 0 Å². The standard InChI is InChI=1S/C9H17NO2/c1-7(9(2,3)12)10-6-4-5-8(10)11/h7,12H,4-6H2,1-3H3. The lowest BCUT2D eigenvalue weighted by atomic mass is 9.99. The number of carbonyl (C=O) groups excluding carboxylic acids is 1. The van der Waals surface area contributed by atoms with Crippen LogP contribution in [0, 0.1) is 0 Å². The van der Waals surface area contributed by atoms with E-state index in [9.17, 15) is 9.90 Å². The van der Waals surface area contributed by atoms with E-state index in [1.54, 1.807) is 18.7 Å². The van der Waals surface area contributed by atoms with Gasteiger partial charge in [-0.15, -0.1) is 0 Å². The van der Waals surface area contributed by atoms with Crippen molar-refractivity contribution in [1.29, 1.82) is 0 Å². The van der Waals surface area contributed by atoms with E-state index in [1.165, 1.54) is 0 Å². The smallest absolute Gasteiger partial charge is 0.222 e. The van der Waals surface area contributed by atoms with Crippen LogP contribution in [0.25, 0.3) is 0 Å². The number of carbonyl (C=O) groups is 1. The van der Waals surface area contributed by atoms with Gasteiger partial charge < -0.3 is 10.0 Å². The third kappa shape index (κ3) is 1.78. The number of likely N-dealkylation sites (tertiary alicyclic amines) is 1. The summed E-state index contributed by atoms with van der Waals surface area (Å²) in [7, 11) is 0. The first-order valence-corrected chi connectivity index (χ1v) is 4.45. The molecule has 0 radical (unpaired) electrons. The van der Waals surface area contributed by atoms with Crippen molar-refractivity contribution in [2.45, 2.75) is 45.3 Å². The van der Waals surface area contributed by atoms with Crippen LogP contribution >= 0.6 is 0 Å².